The predicted molar refractivity (Wildman–Crippen MR) is 143 cm³/mol. The summed E-state index contributed by atoms with van der Waals surface area (Å²) in [6.45, 7) is 2.58. The summed E-state index contributed by atoms with van der Waals surface area (Å²) in [6.07, 6.45) is 2.37. The second-order valence-corrected chi connectivity index (χ2v) is 8.93. The van der Waals surface area contributed by atoms with Crippen molar-refractivity contribution in [2.45, 2.75) is 13.3 Å². The fourth-order valence-electron chi connectivity index (χ4n) is 4.09. The van der Waals surface area contributed by atoms with E-state index in [0.717, 1.165) is 27.4 Å². The number of carbonyl (C=O) groups is 1. The van der Waals surface area contributed by atoms with Crippen molar-refractivity contribution in [1.29, 1.82) is 0 Å². The topological polar surface area (TPSA) is 92.8 Å². The minimum Gasteiger partial charge on any atom is -0.462 e. The van der Waals surface area contributed by atoms with Crippen molar-refractivity contribution in [1.82, 2.24) is 20.2 Å². The van der Waals surface area contributed by atoms with Crippen LogP contribution in [0.3, 0.4) is 0 Å². The SMILES string of the molecule is CCOC(=O)c1c(NCCc2[nH]cnc2-c2cccs2)nnc(-c2ccccc2)c1-c1ccccc1. The van der Waals surface area contributed by atoms with Gasteiger partial charge in [0, 0.05) is 29.8 Å². The van der Waals surface area contributed by atoms with Gasteiger partial charge in [-0.3, -0.25) is 0 Å². The molecule has 0 spiro atoms. The molecule has 0 fully saturated rings. The van der Waals surface area contributed by atoms with Crippen molar-refractivity contribution in [3.8, 4) is 33.0 Å². The average Bonchev–Trinajstić information content (AvgIpc) is 3.62. The van der Waals surface area contributed by atoms with Gasteiger partial charge in [0.1, 0.15) is 17.0 Å². The van der Waals surface area contributed by atoms with Crippen LogP contribution in [0.1, 0.15) is 23.0 Å². The molecule has 0 radical (unpaired) electrons. The van der Waals surface area contributed by atoms with Gasteiger partial charge in [-0.2, -0.15) is 0 Å². The normalized spacial score (nSPS) is 10.8. The average molecular weight is 496 g/mol. The first-order valence-electron chi connectivity index (χ1n) is 11.7. The molecule has 0 atom stereocenters. The van der Waals surface area contributed by atoms with Crippen LogP contribution < -0.4 is 5.32 Å². The first kappa shape index (κ1) is 23.4. The Morgan fingerprint density at radius 1 is 0.944 bits per heavy atom. The van der Waals surface area contributed by atoms with Crippen molar-refractivity contribution in [2.24, 2.45) is 0 Å². The Balaban J connectivity index is 1.53. The zero-order valence-corrected chi connectivity index (χ0v) is 20.6. The number of nitrogens with one attached hydrogen (secondary N) is 2. The minimum atomic E-state index is -0.438. The van der Waals surface area contributed by atoms with E-state index < -0.39 is 5.97 Å². The lowest BCUT2D eigenvalue weighted by atomic mass is 9.95. The summed E-state index contributed by atoms with van der Waals surface area (Å²) in [5.41, 5.74) is 5.39. The Labute approximate surface area is 213 Å². The Hall–Kier alpha value is -4.30. The van der Waals surface area contributed by atoms with E-state index in [1.807, 2.05) is 72.1 Å². The van der Waals surface area contributed by atoms with Crippen LogP contribution in [-0.2, 0) is 11.2 Å². The molecule has 36 heavy (non-hydrogen) atoms. The number of ether oxygens (including phenoxy) is 1. The highest BCUT2D eigenvalue weighted by Crippen LogP contribution is 2.36. The summed E-state index contributed by atoms with van der Waals surface area (Å²) in [4.78, 5) is 22.1. The van der Waals surface area contributed by atoms with Crippen molar-refractivity contribution in [3.63, 3.8) is 0 Å². The first-order chi connectivity index (χ1) is 17.8. The Morgan fingerprint density at radius 2 is 1.69 bits per heavy atom. The number of benzene rings is 2. The number of aromatic nitrogens is 4. The molecule has 3 aromatic heterocycles. The quantitative estimate of drug-likeness (QED) is 0.240. The number of nitrogens with zero attached hydrogens (tertiary/aromatic N) is 3. The largest absolute Gasteiger partial charge is 0.462 e. The maximum absolute atomic E-state index is 13.3. The molecule has 8 heteroatoms. The molecule has 0 amide bonds. The molecule has 2 N–H and O–H groups in total. The lowest BCUT2D eigenvalue weighted by molar-refractivity contribution is 0.0528. The van der Waals surface area contributed by atoms with Gasteiger partial charge >= 0.3 is 5.97 Å². The van der Waals surface area contributed by atoms with Crippen molar-refractivity contribution in [2.75, 3.05) is 18.5 Å². The highest BCUT2D eigenvalue weighted by atomic mass is 32.1. The molecule has 5 rings (SSSR count). The number of aromatic amines is 1. The molecule has 0 bridgehead atoms. The second-order valence-electron chi connectivity index (χ2n) is 7.98. The molecule has 5 aromatic rings. The van der Waals surface area contributed by atoms with Gasteiger partial charge in [-0.25, -0.2) is 9.78 Å². The van der Waals surface area contributed by atoms with Gasteiger partial charge in [0.25, 0.3) is 0 Å². The third-order valence-corrected chi connectivity index (χ3v) is 6.58. The number of hydrogen-bond acceptors (Lipinski definition) is 7. The van der Waals surface area contributed by atoms with Gasteiger partial charge in [0.05, 0.1) is 17.8 Å². The number of imidazole rings is 1. The monoisotopic (exact) mass is 495 g/mol. The van der Waals surface area contributed by atoms with Gasteiger partial charge in [-0.05, 0) is 23.9 Å². The van der Waals surface area contributed by atoms with E-state index in [-0.39, 0.29) is 6.61 Å². The van der Waals surface area contributed by atoms with Crippen LogP contribution in [0, 0.1) is 0 Å². The van der Waals surface area contributed by atoms with E-state index in [9.17, 15) is 4.79 Å². The van der Waals surface area contributed by atoms with Gasteiger partial charge in [-0.15, -0.1) is 21.5 Å². The van der Waals surface area contributed by atoms with Crippen LogP contribution in [0.2, 0.25) is 0 Å². The number of rotatable bonds is 9. The van der Waals surface area contributed by atoms with E-state index in [4.69, 9.17) is 4.74 Å². The molecule has 0 saturated heterocycles. The summed E-state index contributed by atoms with van der Waals surface area (Å²) in [5.74, 6) is -0.0454. The third kappa shape index (κ3) is 4.89. The molecular formula is C28H25N5O2S. The molecule has 3 heterocycles. The smallest absolute Gasteiger partial charge is 0.342 e. The number of anilines is 1. The van der Waals surface area contributed by atoms with Gasteiger partial charge in [-0.1, -0.05) is 66.7 Å². The summed E-state index contributed by atoms with van der Waals surface area (Å²) in [6, 6.07) is 23.6. The van der Waals surface area contributed by atoms with Crippen molar-refractivity contribution < 1.29 is 9.53 Å². The number of carbonyl (C=O) groups excluding carboxylic acids is 1. The second kappa shape index (κ2) is 11.0. The standard InChI is InChI=1S/C28H25N5O2S/c1-2-35-28(34)24-23(19-10-5-3-6-11-19)25(20-12-7-4-8-13-20)32-33-27(24)29-16-15-21-26(31-18-30-21)22-14-9-17-36-22/h3-14,17-18H,2,15-16H2,1H3,(H,29,33)(H,30,31). The van der Waals surface area contributed by atoms with Crippen LogP contribution >= 0.6 is 11.3 Å². The summed E-state index contributed by atoms with van der Waals surface area (Å²) in [5, 5.41) is 14.4. The zero-order valence-electron chi connectivity index (χ0n) is 19.8. The van der Waals surface area contributed by atoms with Crippen LogP contribution in [-0.4, -0.2) is 39.3 Å². The van der Waals surface area contributed by atoms with E-state index in [0.29, 0.717) is 35.6 Å². The number of thiophene rings is 1. The fourth-order valence-corrected chi connectivity index (χ4v) is 4.84. The Bertz CT molecular complexity index is 1430. The number of esters is 1. The fraction of sp³-hybridized carbons (Fsp3) is 0.143. The molecule has 0 aliphatic carbocycles. The summed E-state index contributed by atoms with van der Waals surface area (Å²) in [7, 11) is 0. The van der Waals surface area contributed by atoms with Crippen LogP contribution in [0.15, 0.2) is 84.5 Å². The van der Waals surface area contributed by atoms with Crippen LogP contribution in [0.5, 0.6) is 0 Å². The Kier molecular flexibility index (Phi) is 7.14. The van der Waals surface area contributed by atoms with Crippen molar-refractivity contribution >= 4 is 23.1 Å². The highest BCUT2D eigenvalue weighted by molar-refractivity contribution is 7.13. The lowest BCUT2D eigenvalue weighted by Crippen LogP contribution is -2.16. The van der Waals surface area contributed by atoms with Crippen molar-refractivity contribution in [3.05, 3.63) is 95.8 Å². The molecule has 0 aliphatic rings. The number of hydrogen-bond donors (Lipinski definition) is 2. The molecule has 0 unspecified atom stereocenters. The van der Waals surface area contributed by atoms with Gasteiger partial charge < -0.3 is 15.0 Å². The molecule has 0 aliphatic heterocycles. The van der Waals surface area contributed by atoms with E-state index >= 15 is 0 Å². The maximum Gasteiger partial charge on any atom is 0.342 e. The Morgan fingerprint density at radius 3 is 2.39 bits per heavy atom. The van der Waals surface area contributed by atoms with E-state index in [2.05, 4.69) is 31.5 Å². The molecule has 180 valence electrons. The van der Waals surface area contributed by atoms with Gasteiger partial charge in [0.15, 0.2) is 5.82 Å². The van der Waals surface area contributed by atoms with Crippen LogP contribution in [0.25, 0.3) is 33.0 Å². The lowest BCUT2D eigenvalue weighted by Gasteiger charge is -2.17. The molecular weight excluding hydrogens is 470 g/mol. The maximum atomic E-state index is 13.3. The highest BCUT2D eigenvalue weighted by Gasteiger charge is 2.25. The summed E-state index contributed by atoms with van der Waals surface area (Å²) < 4.78 is 5.48. The van der Waals surface area contributed by atoms with E-state index in [1.165, 1.54) is 0 Å². The third-order valence-electron chi connectivity index (χ3n) is 5.70. The molecule has 2 aromatic carbocycles. The van der Waals surface area contributed by atoms with E-state index in [1.54, 1.807) is 24.6 Å². The first-order valence-corrected chi connectivity index (χ1v) is 12.6. The summed E-state index contributed by atoms with van der Waals surface area (Å²) >= 11 is 1.65. The minimum absolute atomic E-state index is 0.258. The molecule has 0 saturated carbocycles. The predicted octanol–water partition coefficient (Wildman–Crippen LogP) is 6.09. The number of H-pyrrole nitrogens is 1. The van der Waals surface area contributed by atoms with Crippen LogP contribution in [0.4, 0.5) is 5.82 Å². The zero-order chi connectivity index (χ0) is 24.7. The van der Waals surface area contributed by atoms with Gasteiger partial charge in [0.2, 0.25) is 0 Å². The molecule has 7 nitrogen and oxygen atoms in total.